The molecule has 0 aliphatic carbocycles. The molecule has 0 radical (unpaired) electrons. The van der Waals surface area contributed by atoms with Crippen molar-refractivity contribution in [3.63, 3.8) is 0 Å². The van der Waals surface area contributed by atoms with Gasteiger partial charge in [-0.15, -0.1) is 0 Å². The number of anilines is 1. The first-order valence-corrected chi connectivity index (χ1v) is 11.7. The van der Waals surface area contributed by atoms with Crippen LogP contribution in [0.1, 0.15) is 39.7 Å². The maximum absolute atomic E-state index is 9.88. The number of aromatic nitrogens is 1. The summed E-state index contributed by atoms with van der Waals surface area (Å²) >= 11 is 0. The van der Waals surface area contributed by atoms with Crippen LogP contribution in [0.25, 0.3) is 11.1 Å². The molecule has 2 heterocycles. The average molecular weight is 453 g/mol. The molecule has 1 N–H and O–H groups in total. The predicted molar refractivity (Wildman–Crippen MR) is 131 cm³/mol. The van der Waals surface area contributed by atoms with Crippen LogP contribution in [0.2, 0.25) is 0 Å². The van der Waals surface area contributed by atoms with E-state index < -0.39 is 5.60 Å². The Labute approximate surface area is 197 Å². The number of nitrogens with zero attached hydrogens (tertiary/aromatic N) is 3. The van der Waals surface area contributed by atoms with E-state index in [1.54, 1.807) is 6.20 Å². The predicted octanol–water partition coefficient (Wildman–Crippen LogP) is 4.34. The van der Waals surface area contributed by atoms with Gasteiger partial charge in [0.25, 0.3) is 0 Å². The molecule has 0 bridgehead atoms. The minimum Gasteiger partial charge on any atom is -0.471 e. The normalized spacial score (nSPS) is 14.8. The minimum atomic E-state index is -0.500. The molecule has 2 aromatic rings. The van der Waals surface area contributed by atoms with E-state index in [2.05, 4.69) is 21.3 Å². The topological polar surface area (TPSA) is 79.6 Å². The van der Waals surface area contributed by atoms with Gasteiger partial charge in [0, 0.05) is 50.0 Å². The molecule has 3 rings (SSSR count). The molecule has 0 atom stereocenters. The second-order valence-electron chi connectivity index (χ2n) is 9.14. The van der Waals surface area contributed by atoms with Crippen LogP contribution in [0, 0.1) is 11.3 Å². The van der Waals surface area contributed by atoms with E-state index in [0.717, 1.165) is 56.2 Å². The molecule has 1 fully saturated rings. The van der Waals surface area contributed by atoms with E-state index in [4.69, 9.17) is 14.2 Å². The molecule has 1 aromatic carbocycles. The highest BCUT2D eigenvalue weighted by Crippen LogP contribution is 2.31. The number of rotatable bonds is 11. The zero-order valence-electron chi connectivity index (χ0n) is 20.3. The molecule has 33 heavy (non-hydrogen) atoms. The largest absolute Gasteiger partial charge is 0.471 e. The first-order chi connectivity index (χ1) is 15.9. The number of morpholine rings is 1. The van der Waals surface area contributed by atoms with Gasteiger partial charge in [-0.25, -0.2) is 4.98 Å². The quantitative estimate of drug-likeness (QED) is 0.543. The average Bonchev–Trinajstić information content (AvgIpc) is 2.79. The van der Waals surface area contributed by atoms with E-state index in [1.807, 2.05) is 58.0 Å². The highest BCUT2D eigenvalue weighted by molar-refractivity contribution is 5.73. The fraction of sp³-hybridized carbons (Fsp3) is 0.538. The van der Waals surface area contributed by atoms with E-state index in [-0.39, 0.29) is 6.10 Å². The Morgan fingerprint density at radius 2 is 1.91 bits per heavy atom. The standard InChI is InChI=1S/C26H36N4O3/c1-20(2)32-16-10-26(3,4)33-25-24(19-27)23(9-11-29-25)21-5-7-22(8-6-21)28-12-13-30-14-17-31-18-15-30/h5-9,11,20,28H,10,12-18H2,1-4H3. The van der Waals surface area contributed by atoms with Crippen molar-refractivity contribution in [1.82, 2.24) is 9.88 Å². The highest BCUT2D eigenvalue weighted by atomic mass is 16.5. The van der Waals surface area contributed by atoms with Gasteiger partial charge in [0.15, 0.2) is 0 Å². The maximum atomic E-state index is 9.88. The van der Waals surface area contributed by atoms with Crippen LogP contribution in [0.15, 0.2) is 36.5 Å². The third-order valence-corrected chi connectivity index (χ3v) is 5.61. The summed E-state index contributed by atoms with van der Waals surface area (Å²) < 4.78 is 17.2. The summed E-state index contributed by atoms with van der Waals surface area (Å²) in [5, 5.41) is 13.4. The monoisotopic (exact) mass is 452 g/mol. The van der Waals surface area contributed by atoms with Crippen LogP contribution in [-0.2, 0) is 9.47 Å². The van der Waals surface area contributed by atoms with Gasteiger partial charge in [-0.3, -0.25) is 4.90 Å². The maximum Gasteiger partial charge on any atom is 0.232 e. The third-order valence-electron chi connectivity index (χ3n) is 5.61. The lowest BCUT2D eigenvalue weighted by atomic mass is 10.0. The van der Waals surface area contributed by atoms with Crippen LogP contribution in [-0.4, -0.2) is 67.6 Å². The summed E-state index contributed by atoms with van der Waals surface area (Å²) in [7, 11) is 0. The van der Waals surface area contributed by atoms with Crippen molar-refractivity contribution in [2.45, 2.75) is 45.8 Å². The Balaban J connectivity index is 1.64. The molecule has 178 valence electrons. The van der Waals surface area contributed by atoms with E-state index >= 15 is 0 Å². The third kappa shape index (κ3) is 7.71. The Bertz CT molecular complexity index is 916. The van der Waals surface area contributed by atoms with Crippen molar-refractivity contribution in [2.75, 3.05) is 51.3 Å². The molecule has 0 spiro atoms. The summed E-state index contributed by atoms with van der Waals surface area (Å²) in [6, 6.07) is 12.3. The molecule has 1 aliphatic rings. The van der Waals surface area contributed by atoms with Gasteiger partial charge in [0.2, 0.25) is 5.88 Å². The van der Waals surface area contributed by atoms with Crippen molar-refractivity contribution in [3.05, 3.63) is 42.1 Å². The van der Waals surface area contributed by atoms with Gasteiger partial charge >= 0.3 is 0 Å². The number of hydrogen-bond acceptors (Lipinski definition) is 7. The van der Waals surface area contributed by atoms with Crippen LogP contribution in [0.4, 0.5) is 5.69 Å². The second kappa shape index (κ2) is 12.0. The summed E-state index contributed by atoms with van der Waals surface area (Å²) in [4.78, 5) is 6.76. The van der Waals surface area contributed by atoms with E-state index in [1.165, 1.54) is 0 Å². The second-order valence-corrected chi connectivity index (χ2v) is 9.14. The zero-order chi connectivity index (χ0) is 23.7. The highest BCUT2D eigenvalue weighted by Gasteiger charge is 2.24. The van der Waals surface area contributed by atoms with Crippen LogP contribution >= 0.6 is 0 Å². The van der Waals surface area contributed by atoms with Crippen molar-refractivity contribution >= 4 is 5.69 Å². The molecular weight excluding hydrogens is 416 g/mol. The lowest BCUT2D eigenvalue weighted by molar-refractivity contribution is 0.0210. The lowest BCUT2D eigenvalue weighted by Gasteiger charge is -2.27. The van der Waals surface area contributed by atoms with Crippen molar-refractivity contribution in [1.29, 1.82) is 5.26 Å². The summed E-state index contributed by atoms with van der Waals surface area (Å²) in [6.45, 7) is 14.1. The van der Waals surface area contributed by atoms with E-state index in [0.29, 0.717) is 24.5 Å². The number of nitrogens with one attached hydrogen (secondary N) is 1. The minimum absolute atomic E-state index is 0.175. The van der Waals surface area contributed by atoms with Crippen molar-refractivity contribution < 1.29 is 14.2 Å². The summed E-state index contributed by atoms with van der Waals surface area (Å²) in [5.41, 5.74) is 2.78. The number of pyridine rings is 1. The number of benzene rings is 1. The molecule has 0 amide bonds. The number of nitriles is 1. The number of ether oxygens (including phenoxy) is 3. The van der Waals surface area contributed by atoms with Crippen LogP contribution in [0.5, 0.6) is 5.88 Å². The number of hydrogen-bond donors (Lipinski definition) is 1. The van der Waals surface area contributed by atoms with Crippen molar-refractivity contribution in [2.24, 2.45) is 0 Å². The molecule has 0 unspecified atom stereocenters. The molecule has 0 saturated carbocycles. The smallest absolute Gasteiger partial charge is 0.232 e. The molecule has 1 saturated heterocycles. The first kappa shape index (κ1) is 25.0. The van der Waals surface area contributed by atoms with Crippen LogP contribution in [0.3, 0.4) is 0 Å². The molecule has 7 heteroatoms. The van der Waals surface area contributed by atoms with Gasteiger partial charge in [0.05, 0.1) is 25.9 Å². The Hall–Kier alpha value is -2.66. The van der Waals surface area contributed by atoms with Crippen molar-refractivity contribution in [3.8, 4) is 23.1 Å². The Morgan fingerprint density at radius 3 is 2.58 bits per heavy atom. The fourth-order valence-corrected chi connectivity index (χ4v) is 3.67. The first-order valence-electron chi connectivity index (χ1n) is 11.7. The molecular formula is C26H36N4O3. The van der Waals surface area contributed by atoms with Gasteiger partial charge in [-0.05, 0) is 51.5 Å². The molecule has 1 aliphatic heterocycles. The zero-order valence-corrected chi connectivity index (χ0v) is 20.3. The molecule has 1 aromatic heterocycles. The van der Waals surface area contributed by atoms with Gasteiger partial charge in [-0.1, -0.05) is 12.1 Å². The Kier molecular flexibility index (Phi) is 9.07. The molecule has 7 nitrogen and oxygen atoms in total. The van der Waals surface area contributed by atoms with Gasteiger partial charge < -0.3 is 19.5 Å². The summed E-state index contributed by atoms with van der Waals surface area (Å²) in [5.74, 6) is 0.359. The van der Waals surface area contributed by atoms with E-state index in [9.17, 15) is 5.26 Å². The fourth-order valence-electron chi connectivity index (χ4n) is 3.67. The summed E-state index contributed by atoms with van der Waals surface area (Å²) in [6.07, 6.45) is 2.57. The SMILES string of the molecule is CC(C)OCCC(C)(C)Oc1nccc(-c2ccc(NCCN3CCOCC3)cc2)c1C#N. The van der Waals surface area contributed by atoms with Gasteiger partial charge in [0.1, 0.15) is 17.2 Å². The lowest BCUT2D eigenvalue weighted by Crippen LogP contribution is -2.38. The van der Waals surface area contributed by atoms with Gasteiger partial charge in [-0.2, -0.15) is 5.26 Å². The van der Waals surface area contributed by atoms with Crippen LogP contribution < -0.4 is 10.1 Å². The Morgan fingerprint density at radius 1 is 1.18 bits per heavy atom.